The Morgan fingerprint density at radius 1 is 1.42 bits per heavy atom. The molecule has 3 nitrogen and oxygen atoms in total. The standard InChI is InChI=1S/C15H22BrNO2/c1-11(17(4)14(18)15(2,3)16)10-12-8-6-7-9-13(12)19-5/h6-9,11H,10H2,1-5H3. The molecule has 1 unspecified atom stereocenters. The molecule has 0 saturated heterocycles. The van der Waals surface area contributed by atoms with E-state index in [9.17, 15) is 4.79 Å². The molecule has 0 heterocycles. The van der Waals surface area contributed by atoms with Crippen LogP contribution in [0.2, 0.25) is 0 Å². The number of ether oxygens (including phenoxy) is 1. The van der Waals surface area contributed by atoms with E-state index in [1.54, 1.807) is 12.0 Å². The van der Waals surface area contributed by atoms with Crippen LogP contribution in [0.5, 0.6) is 5.75 Å². The van der Waals surface area contributed by atoms with Gasteiger partial charge in [-0.1, -0.05) is 34.1 Å². The van der Waals surface area contributed by atoms with Gasteiger partial charge >= 0.3 is 0 Å². The molecule has 0 fully saturated rings. The number of nitrogens with zero attached hydrogens (tertiary/aromatic N) is 1. The summed E-state index contributed by atoms with van der Waals surface area (Å²) >= 11 is 3.41. The van der Waals surface area contributed by atoms with Crippen LogP contribution < -0.4 is 4.74 Å². The van der Waals surface area contributed by atoms with Gasteiger partial charge in [0.05, 0.1) is 11.4 Å². The van der Waals surface area contributed by atoms with Gasteiger partial charge in [-0.3, -0.25) is 4.79 Å². The average molecular weight is 328 g/mol. The number of likely N-dealkylation sites (N-methyl/N-ethyl adjacent to an activating group) is 1. The van der Waals surface area contributed by atoms with Crippen LogP contribution in [-0.4, -0.2) is 35.3 Å². The van der Waals surface area contributed by atoms with Crippen molar-refractivity contribution in [2.45, 2.75) is 37.6 Å². The van der Waals surface area contributed by atoms with Crippen molar-refractivity contribution in [2.75, 3.05) is 14.2 Å². The monoisotopic (exact) mass is 327 g/mol. The predicted octanol–water partition coefficient (Wildman–Crippen LogP) is 3.26. The highest BCUT2D eigenvalue weighted by molar-refractivity contribution is 9.10. The van der Waals surface area contributed by atoms with Crippen LogP contribution in [-0.2, 0) is 11.2 Å². The van der Waals surface area contributed by atoms with Crippen molar-refractivity contribution in [2.24, 2.45) is 0 Å². The van der Waals surface area contributed by atoms with Crippen molar-refractivity contribution in [3.05, 3.63) is 29.8 Å². The molecule has 19 heavy (non-hydrogen) atoms. The molecule has 0 radical (unpaired) electrons. The lowest BCUT2D eigenvalue weighted by Gasteiger charge is -2.30. The topological polar surface area (TPSA) is 29.5 Å². The maximum absolute atomic E-state index is 12.2. The summed E-state index contributed by atoms with van der Waals surface area (Å²) in [7, 11) is 3.51. The normalized spacial score (nSPS) is 12.9. The molecule has 0 aromatic heterocycles. The lowest BCUT2D eigenvalue weighted by Crippen LogP contribution is -2.44. The van der Waals surface area contributed by atoms with Crippen molar-refractivity contribution < 1.29 is 9.53 Å². The van der Waals surface area contributed by atoms with Gasteiger partial charge in [0.25, 0.3) is 0 Å². The van der Waals surface area contributed by atoms with Crippen LogP contribution >= 0.6 is 15.9 Å². The molecule has 0 saturated carbocycles. The molecule has 1 aromatic rings. The number of halogens is 1. The molecule has 0 spiro atoms. The Bertz CT molecular complexity index is 440. The molecule has 1 amide bonds. The molecule has 0 bridgehead atoms. The number of rotatable bonds is 5. The number of hydrogen-bond acceptors (Lipinski definition) is 2. The Balaban J connectivity index is 2.79. The maximum atomic E-state index is 12.2. The third-order valence-electron chi connectivity index (χ3n) is 3.20. The predicted molar refractivity (Wildman–Crippen MR) is 81.9 cm³/mol. The third kappa shape index (κ3) is 4.23. The number of carbonyl (C=O) groups excluding carboxylic acids is 1. The molecule has 1 rings (SSSR count). The fraction of sp³-hybridized carbons (Fsp3) is 0.533. The largest absolute Gasteiger partial charge is 0.496 e. The van der Waals surface area contributed by atoms with Crippen molar-refractivity contribution in [1.29, 1.82) is 0 Å². The first-order chi connectivity index (χ1) is 8.77. The Labute approximate surface area is 124 Å². The van der Waals surface area contributed by atoms with E-state index in [0.717, 1.165) is 17.7 Å². The first kappa shape index (κ1) is 16.0. The van der Waals surface area contributed by atoms with Crippen molar-refractivity contribution in [3.8, 4) is 5.75 Å². The zero-order valence-corrected chi connectivity index (χ0v) is 13.8. The molecule has 0 aliphatic carbocycles. The highest BCUT2D eigenvalue weighted by Gasteiger charge is 2.29. The first-order valence-corrected chi connectivity index (χ1v) is 7.14. The SMILES string of the molecule is COc1ccccc1CC(C)N(C)C(=O)C(C)(C)Br. The molecule has 106 valence electrons. The second-order valence-corrected chi connectivity index (χ2v) is 7.24. The van der Waals surface area contributed by atoms with Gasteiger partial charge < -0.3 is 9.64 Å². The van der Waals surface area contributed by atoms with Gasteiger partial charge in [0, 0.05) is 13.1 Å². The highest BCUT2D eigenvalue weighted by Crippen LogP contribution is 2.23. The molecular formula is C15H22BrNO2. The smallest absolute Gasteiger partial charge is 0.238 e. The van der Waals surface area contributed by atoms with E-state index in [-0.39, 0.29) is 11.9 Å². The molecule has 0 N–H and O–H groups in total. The molecule has 4 heteroatoms. The quantitative estimate of drug-likeness (QED) is 0.777. The molecular weight excluding hydrogens is 306 g/mol. The number of para-hydroxylation sites is 1. The summed E-state index contributed by atoms with van der Waals surface area (Å²) in [5.74, 6) is 0.947. The van der Waals surface area contributed by atoms with Gasteiger partial charge in [0.2, 0.25) is 5.91 Å². The average Bonchev–Trinajstić information content (AvgIpc) is 2.36. The summed E-state index contributed by atoms with van der Waals surface area (Å²) in [6.45, 7) is 5.77. The van der Waals surface area contributed by atoms with Gasteiger partial charge in [0.15, 0.2) is 0 Å². The number of benzene rings is 1. The van der Waals surface area contributed by atoms with Crippen LogP contribution in [0.25, 0.3) is 0 Å². The molecule has 0 aliphatic heterocycles. The summed E-state index contributed by atoms with van der Waals surface area (Å²) < 4.78 is 4.81. The Morgan fingerprint density at radius 3 is 2.53 bits per heavy atom. The van der Waals surface area contributed by atoms with Crippen LogP contribution in [0.4, 0.5) is 0 Å². The summed E-state index contributed by atoms with van der Waals surface area (Å²) in [5, 5.41) is 0. The molecule has 1 aromatic carbocycles. The summed E-state index contributed by atoms with van der Waals surface area (Å²) in [6.07, 6.45) is 0.773. The zero-order chi connectivity index (χ0) is 14.6. The lowest BCUT2D eigenvalue weighted by molar-refractivity contribution is -0.133. The minimum atomic E-state index is -0.531. The van der Waals surface area contributed by atoms with Crippen LogP contribution in [0.1, 0.15) is 26.3 Å². The Hall–Kier alpha value is -1.03. The minimum Gasteiger partial charge on any atom is -0.496 e. The fourth-order valence-corrected chi connectivity index (χ4v) is 2.23. The fourth-order valence-electron chi connectivity index (χ4n) is 1.95. The van der Waals surface area contributed by atoms with Gasteiger partial charge in [-0.25, -0.2) is 0 Å². The number of hydrogen-bond donors (Lipinski definition) is 0. The number of alkyl halides is 1. The Morgan fingerprint density at radius 2 is 2.00 bits per heavy atom. The number of carbonyl (C=O) groups is 1. The van der Waals surface area contributed by atoms with Crippen LogP contribution in [0.3, 0.4) is 0 Å². The van der Waals surface area contributed by atoms with Gasteiger partial charge in [-0.2, -0.15) is 0 Å². The van der Waals surface area contributed by atoms with E-state index in [1.165, 1.54) is 0 Å². The number of amides is 1. The van der Waals surface area contributed by atoms with E-state index in [0.29, 0.717) is 0 Å². The summed E-state index contributed by atoms with van der Waals surface area (Å²) in [5.41, 5.74) is 1.12. The van der Waals surface area contributed by atoms with Crippen molar-refractivity contribution in [3.63, 3.8) is 0 Å². The summed E-state index contributed by atoms with van der Waals surface area (Å²) in [4.78, 5) is 14.0. The first-order valence-electron chi connectivity index (χ1n) is 6.35. The van der Waals surface area contributed by atoms with E-state index in [4.69, 9.17) is 4.74 Å². The van der Waals surface area contributed by atoms with E-state index in [2.05, 4.69) is 15.9 Å². The van der Waals surface area contributed by atoms with Gasteiger partial charge in [-0.15, -0.1) is 0 Å². The molecule has 0 aliphatic rings. The second kappa shape index (κ2) is 6.42. The highest BCUT2D eigenvalue weighted by atomic mass is 79.9. The number of methoxy groups -OCH3 is 1. The summed E-state index contributed by atoms with van der Waals surface area (Å²) in [6, 6.07) is 8.02. The van der Waals surface area contributed by atoms with Crippen LogP contribution in [0.15, 0.2) is 24.3 Å². The van der Waals surface area contributed by atoms with E-state index >= 15 is 0 Å². The van der Waals surface area contributed by atoms with E-state index in [1.807, 2.05) is 52.1 Å². The van der Waals surface area contributed by atoms with Crippen molar-refractivity contribution >= 4 is 21.8 Å². The van der Waals surface area contributed by atoms with Crippen LogP contribution in [0, 0.1) is 0 Å². The van der Waals surface area contributed by atoms with Gasteiger partial charge in [-0.05, 0) is 38.8 Å². The Kier molecular flexibility index (Phi) is 5.41. The second-order valence-electron chi connectivity index (χ2n) is 5.25. The zero-order valence-electron chi connectivity index (χ0n) is 12.2. The third-order valence-corrected chi connectivity index (χ3v) is 3.54. The van der Waals surface area contributed by atoms with Crippen molar-refractivity contribution in [1.82, 2.24) is 4.90 Å². The maximum Gasteiger partial charge on any atom is 0.238 e. The minimum absolute atomic E-state index is 0.0786. The van der Waals surface area contributed by atoms with E-state index < -0.39 is 4.32 Å². The van der Waals surface area contributed by atoms with Gasteiger partial charge in [0.1, 0.15) is 5.75 Å². The lowest BCUT2D eigenvalue weighted by atomic mass is 10.0. The molecule has 1 atom stereocenters.